The Morgan fingerprint density at radius 2 is 1.44 bits per heavy atom. The van der Waals surface area contributed by atoms with Crippen molar-refractivity contribution < 1.29 is 18.0 Å². The molecule has 0 radical (unpaired) electrons. The van der Waals surface area contributed by atoms with Gasteiger partial charge in [-0.05, 0) is 30.3 Å². The number of carbonyl (C=O) groups is 1. The van der Waals surface area contributed by atoms with Crippen molar-refractivity contribution in [2.45, 2.75) is 21.1 Å². The van der Waals surface area contributed by atoms with E-state index >= 15 is 0 Å². The summed E-state index contributed by atoms with van der Waals surface area (Å²) in [5, 5.41) is -0.102. The van der Waals surface area contributed by atoms with E-state index in [4.69, 9.17) is 0 Å². The molecular formula is C25H16F3N3OS2. The fourth-order valence-corrected chi connectivity index (χ4v) is 5.32. The van der Waals surface area contributed by atoms with E-state index in [9.17, 15) is 18.0 Å². The topological polar surface area (TPSA) is 46.1 Å². The molecule has 0 N–H and O–H groups in total. The van der Waals surface area contributed by atoms with Gasteiger partial charge in [0.05, 0.1) is 22.8 Å². The van der Waals surface area contributed by atoms with Gasteiger partial charge >= 0.3 is 6.18 Å². The second kappa shape index (κ2) is 9.15. The largest absolute Gasteiger partial charge is 0.433 e. The van der Waals surface area contributed by atoms with Crippen molar-refractivity contribution >= 4 is 40.8 Å². The number of benzene rings is 3. The zero-order chi connectivity index (χ0) is 23.7. The third kappa shape index (κ3) is 4.53. The highest BCUT2D eigenvalue weighted by atomic mass is 32.2. The molecule has 170 valence electrons. The van der Waals surface area contributed by atoms with Gasteiger partial charge in [-0.25, -0.2) is 9.97 Å². The molecule has 0 bridgehead atoms. The number of anilines is 2. The number of thioether (sulfide) groups is 1. The Hall–Kier alpha value is -3.30. The first-order valence-electron chi connectivity index (χ1n) is 10.2. The van der Waals surface area contributed by atoms with Crippen molar-refractivity contribution in [3.05, 3.63) is 90.6 Å². The zero-order valence-electron chi connectivity index (χ0n) is 17.5. The van der Waals surface area contributed by atoms with E-state index in [2.05, 4.69) is 9.97 Å². The minimum Gasteiger partial charge on any atom is -0.278 e. The molecule has 2 heterocycles. The molecule has 0 atom stereocenters. The summed E-state index contributed by atoms with van der Waals surface area (Å²) in [6, 6.07) is 24.6. The van der Waals surface area contributed by atoms with E-state index in [1.807, 2.05) is 48.5 Å². The van der Waals surface area contributed by atoms with Crippen LogP contribution in [0.2, 0.25) is 0 Å². The number of amides is 1. The van der Waals surface area contributed by atoms with Gasteiger partial charge in [0, 0.05) is 15.4 Å². The number of fused-ring (bicyclic) bond motifs is 2. The van der Waals surface area contributed by atoms with Crippen molar-refractivity contribution in [1.82, 2.24) is 9.97 Å². The molecule has 4 nitrogen and oxygen atoms in total. The average molecular weight is 496 g/mol. The van der Waals surface area contributed by atoms with Crippen LogP contribution >= 0.6 is 23.5 Å². The molecule has 5 rings (SSSR count). The van der Waals surface area contributed by atoms with Gasteiger partial charge in [-0.3, -0.25) is 9.69 Å². The summed E-state index contributed by atoms with van der Waals surface area (Å²) in [7, 11) is 0. The Labute approximate surface area is 202 Å². The van der Waals surface area contributed by atoms with E-state index in [-0.39, 0.29) is 22.5 Å². The molecule has 0 fully saturated rings. The SMILES string of the molecule is O=C(CSc1nc(-c2ccccc2)cc(C(F)(F)F)n1)N1c2ccccc2Sc2ccccc21. The van der Waals surface area contributed by atoms with Crippen molar-refractivity contribution in [2.75, 3.05) is 10.7 Å². The van der Waals surface area contributed by atoms with E-state index < -0.39 is 11.9 Å². The number of halogens is 3. The Morgan fingerprint density at radius 3 is 2.06 bits per heavy atom. The number of carbonyl (C=O) groups excluding carboxylic acids is 1. The maximum Gasteiger partial charge on any atom is 0.433 e. The highest BCUT2D eigenvalue weighted by molar-refractivity contribution is 8.00. The zero-order valence-corrected chi connectivity index (χ0v) is 19.1. The Bertz CT molecular complexity index is 1320. The number of alkyl halides is 3. The van der Waals surface area contributed by atoms with Crippen LogP contribution < -0.4 is 4.90 Å². The van der Waals surface area contributed by atoms with Crippen LogP contribution in [0.25, 0.3) is 11.3 Å². The van der Waals surface area contributed by atoms with Crippen LogP contribution in [0.4, 0.5) is 24.5 Å². The fraction of sp³-hybridized carbons (Fsp3) is 0.0800. The van der Waals surface area contributed by atoms with E-state index in [0.717, 1.165) is 39.0 Å². The van der Waals surface area contributed by atoms with Gasteiger partial charge in [-0.2, -0.15) is 13.2 Å². The summed E-state index contributed by atoms with van der Waals surface area (Å²) in [4.78, 5) is 24.8. The Kier molecular flexibility index (Phi) is 6.05. The molecule has 9 heteroatoms. The second-order valence-corrected chi connectivity index (χ2v) is 9.37. The Balaban J connectivity index is 1.46. The summed E-state index contributed by atoms with van der Waals surface area (Å²) in [5.74, 6) is -0.393. The van der Waals surface area contributed by atoms with Gasteiger partial charge in [0.25, 0.3) is 0 Å². The van der Waals surface area contributed by atoms with Crippen molar-refractivity contribution in [3.63, 3.8) is 0 Å². The molecule has 3 aromatic carbocycles. The molecule has 1 aromatic heterocycles. The molecule has 0 unspecified atom stereocenters. The van der Waals surface area contributed by atoms with Gasteiger partial charge in [0.2, 0.25) is 5.91 Å². The quantitative estimate of drug-likeness (QED) is 0.224. The van der Waals surface area contributed by atoms with Crippen LogP contribution in [-0.4, -0.2) is 21.6 Å². The van der Waals surface area contributed by atoms with E-state index in [1.54, 1.807) is 47.0 Å². The summed E-state index contributed by atoms with van der Waals surface area (Å²) < 4.78 is 40.5. The number of aromatic nitrogens is 2. The average Bonchev–Trinajstić information content (AvgIpc) is 2.85. The maximum absolute atomic E-state index is 13.5. The summed E-state index contributed by atoms with van der Waals surface area (Å²) >= 11 is 2.46. The highest BCUT2D eigenvalue weighted by Gasteiger charge is 2.34. The summed E-state index contributed by atoms with van der Waals surface area (Å²) in [5.41, 5.74) is 1.14. The molecule has 1 aliphatic heterocycles. The van der Waals surface area contributed by atoms with Crippen LogP contribution in [0.15, 0.2) is 99.9 Å². The van der Waals surface area contributed by atoms with Gasteiger partial charge in [0.1, 0.15) is 5.69 Å². The highest BCUT2D eigenvalue weighted by Crippen LogP contribution is 2.48. The first-order chi connectivity index (χ1) is 16.4. The second-order valence-electron chi connectivity index (χ2n) is 7.34. The first kappa shape index (κ1) is 22.5. The maximum atomic E-state index is 13.5. The molecule has 0 saturated carbocycles. The molecule has 1 aliphatic rings. The van der Waals surface area contributed by atoms with Gasteiger partial charge < -0.3 is 0 Å². The van der Waals surface area contributed by atoms with Crippen molar-refractivity contribution in [2.24, 2.45) is 0 Å². The van der Waals surface area contributed by atoms with Crippen LogP contribution in [0, 0.1) is 0 Å². The van der Waals surface area contributed by atoms with Crippen LogP contribution in [0.5, 0.6) is 0 Å². The normalized spacial score (nSPS) is 12.7. The lowest BCUT2D eigenvalue weighted by Crippen LogP contribution is -2.30. The summed E-state index contributed by atoms with van der Waals surface area (Å²) in [6.07, 6.45) is -4.63. The number of hydrogen-bond acceptors (Lipinski definition) is 5. The molecule has 34 heavy (non-hydrogen) atoms. The lowest BCUT2D eigenvalue weighted by Gasteiger charge is -2.30. The molecule has 0 spiro atoms. The predicted octanol–water partition coefficient (Wildman–Crippen LogP) is 7.08. The van der Waals surface area contributed by atoms with Gasteiger partial charge in [-0.15, -0.1) is 0 Å². The molecule has 0 aliphatic carbocycles. The minimum absolute atomic E-state index is 0.102. The molecule has 4 aromatic rings. The van der Waals surface area contributed by atoms with Crippen molar-refractivity contribution in [1.29, 1.82) is 0 Å². The van der Waals surface area contributed by atoms with Crippen molar-refractivity contribution in [3.8, 4) is 11.3 Å². The smallest absolute Gasteiger partial charge is 0.278 e. The number of nitrogens with zero attached hydrogens (tertiary/aromatic N) is 3. The van der Waals surface area contributed by atoms with E-state index in [1.165, 1.54) is 0 Å². The molecule has 0 saturated heterocycles. The van der Waals surface area contributed by atoms with Crippen LogP contribution in [0.3, 0.4) is 0 Å². The van der Waals surface area contributed by atoms with Crippen LogP contribution in [-0.2, 0) is 11.0 Å². The number of para-hydroxylation sites is 2. The third-order valence-corrected chi connectivity index (χ3v) is 7.03. The lowest BCUT2D eigenvalue weighted by atomic mass is 10.1. The standard InChI is InChI=1S/C25H16F3N3OS2/c26-25(27,28)22-14-17(16-8-2-1-3-9-16)29-24(30-22)33-15-23(32)31-18-10-4-6-12-20(18)34-21-13-7-5-11-19(21)31/h1-14H,15H2. The first-order valence-corrected chi connectivity index (χ1v) is 12.0. The molecular weight excluding hydrogens is 479 g/mol. The summed E-state index contributed by atoms with van der Waals surface area (Å²) in [6.45, 7) is 0. The monoisotopic (exact) mass is 495 g/mol. The third-order valence-electron chi connectivity index (χ3n) is 5.07. The number of hydrogen-bond donors (Lipinski definition) is 0. The minimum atomic E-state index is -4.63. The fourth-order valence-electron chi connectivity index (χ4n) is 3.56. The Morgan fingerprint density at radius 1 is 0.853 bits per heavy atom. The lowest BCUT2D eigenvalue weighted by molar-refractivity contribution is -0.141. The van der Waals surface area contributed by atoms with Crippen LogP contribution in [0.1, 0.15) is 5.69 Å². The molecule has 1 amide bonds. The van der Waals surface area contributed by atoms with Gasteiger partial charge in [0.15, 0.2) is 5.16 Å². The number of rotatable bonds is 4. The van der Waals surface area contributed by atoms with E-state index in [0.29, 0.717) is 5.56 Å². The van der Waals surface area contributed by atoms with Gasteiger partial charge in [-0.1, -0.05) is 78.1 Å². The predicted molar refractivity (Wildman–Crippen MR) is 127 cm³/mol.